The molecule has 0 radical (unpaired) electrons. The zero-order chi connectivity index (χ0) is 29.5. The van der Waals surface area contributed by atoms with Gasteiger partial charge in [-0.05, 0) is 35.7 Å². The van der Waals surface area contributed by atoms with Crippen LogP contribution in [0.2, 0.25) is 0 Å². The van der Waals surface area contributed by atoms with Gasteiger partial charge in [0, 0.05) is 19.5 Å². The summed E-state index contributed by atoms with van der Waals surface area (Å²) in [4.78, 5) is 30.9. The lowest BCUT2D eigenvalue weighted by Gasteiger charge is -2.37. The first-order valence-electron chi connectivity index (χ1n) is 13.7. The molecule has 0 bridgehead atoms. The summed E-state index contributed by atoms with van der Waals surface area (Å²) in [5.74, 6) is -0.628. The molecule has 3 aromatic heterocycles. The van der Waals surface area contributed by atoms with Crippen LogP contribution in [0.15, 0.2) is 133 Å². The number of aromatic nitrogens is 4. The second kappa shape index (κ2) is 12.5. The van der Waals surface area contributed by atoms with Crippen LogP contribution in [0.5, 0.6) is 0 Å². The molecule has 212 valence electrons. The number of hydrogen-bond acceptors (Lipinski definition) is 5. The number of carbonyl (C=O) groups is 1. The number of carbonyl (C=O) groups excluding carboxylic acids is 1. The minimum atomic E-state index is -0.711. The summed E-state index contributed by atoms with van der Waals surface area (Å²) in [5.41, 5.74) is 3.29. The number of hydrogen-bond donors (Lipinski definition) is 1. The van der Waals surface area contributed by atoms with Crippen molar-refractivity contribution >= 4 is 11.5 Å². The first-order chi connectivity index (χ1) is 20.6. The molecule has 0 spiro atoms. The fourth-order valence-corrected chi connectivity index (χ4v) is 5.49. The molecule has 6 rings (SSSR count). The lowest BCUT2D eigenvalue weighted by molar-refractivity contribution is 0.0527. The van der Waals surface area contributed by atoms with Gasteiger partial charge in [-0.25, -0.2) is 14.5 Å². The van der Waals surface area contributed by atoms with Gasteiger partial charge in [-0.3, -0.25) is 9.31 Å². The smallest absolute Gasteiger partial charge is 0.346 e. The van der Waals surface area contributed by atoms with E-state index in [0.717, 1.165) is 23.8 Å². The third-order valence-corrected chi connectivity index (χ3v) is 7.19. The first kappa shape index (κ1) is 28.3. The molecular formula is C34H32N4O4. The number of ether oxygens (including phenoxy) is 1. The maximum absolute atomic E-state index is 13.5. The van der Waals surface area contributed by atoms with Crippen molar-refractivity contribution in [1.82, 2.24) is 18.7 Å². The highest BCUT2D eigenvalue weighted by Gasteiger charge is 2.38. The molecule has 1 N–H and O–H groups in total. The minimum Gasteiger partial charge on any atom is -0.462 e. The van der Waals surface area contributed by atoms with E-state index in [2.05, 4.69) is 41.0 Å². The molecule has 8 nitrogen and oxygen atoms in total. The highest BCUT2D eigenvalue weighted by atomic mass is 16.5. The van der Waals surface area contributed by atoms with Crippen LogP contribution in [0.3, 0.4) is 0 Å². The van der Waals surface area contributed by atoms with Crippen LogP contribution < -0.4 is 5.56 Å². The molecule has 8 heteroatoms. The summed E-state index contributed by atoms with van der Waals surface area (Å²) in [6, 6.07) is 36.3. The third kappa shape index (κ3) is 4.93. The van der Waals surface area contributed by atoms with Gasteiger partial charge in [0.25, 0.3) is 5.56 Å². The Morgan fingerprint density at radius 1 is 0.810 bits per heavy atom. The molecule has 3 aromatic carbocycles. The van der Waals surface area contributed by atoms with Crippen molar-refractivity contribution in [1.29, 1.82) is 0 Å². The normalized spacial score (nSPS) is 11.1. The van der Waals surface area contributed by atoms with Crippen molar-refractivity contribution in [2.24, 2.45) is 0 Å². The lowest BCUT2D eigenvalue weighted by atomic mass is 9.77. The summed E-state index contributed by atoms with van der Waals surface area (Å²) in [7, 11) is 1.00. The molecule has 0 unspecified atom stereocenters. The van der Waals surface area contributed by atoms with E-state index in [1.165, 1.54) is 4.68 Å². The van der Waals surface area contributed by atoms with Gasteiger partial charge >= 0.3 is 5.97 Å². The van der Waals surface area contributed by atoms with Crippen molar-refractivity contribution < 1.29 is 14.6 Å². The molecule has 0 saturated heterocycles. The SMILES string of the molecule is CCOC(=O)c1c(=O)n(Cc2cn(C(c3ccccc3)(c3ccccc3)c3ccccc3)cn2)n2ccccc12.CO. The number of nitrogens with zero attached hydrogens (tertiary/aromatic N) is 4. The molecule has 0 fully saturated rings. The standard InChI is InChI=1S/C33H28N4O3.CH4O/c1-2-40-32(39)30-29-20-12-13-21-36(29)37(31(30)38)23-28-22-35(24-34-28)33(25-14-6-3-7-15-25,26-16-8-4-9-17-26)27-18-10-5-11-19-27;1-2/h3-22,24H,2,23H2,1H3;2H,1H3. The molecule has 3 heterocycles. The predicted molar refractivity (Wildman–Crippen MR) is 162 cm³/mol. The lowest BCUT2D eigenvalue weighted by Crippen LogP contribution is -2.37. The summed E-state index contributed by atoms with van der Waals surface area (Å²) in [5, 5.41) is 7.00. The number of pyridine rings is 1. The van der Waals surface area contributed by atoms with Crippen LogP contribution >= 0.6 is 0 Å². The topological polar surface area (TPSA) is 90.8 Å². The van der Waals surface area contributed by atoms with Gasteiger partial charge < -0.3 is 14.4 Å². The average molecular weight is 561 g/mol. The maximum Gasteiger partial charge on any atom is 0.346 e. The second-order valence-corrected chi connectivity index (χ2v) is 9.47. The van der Waals surface area contributed by atoms with E-state index in [-0.39, 0.29) is 18.7 Å². The van der Waals surface area contributed by atoms with Gasteiger partial charge in [-0.1, -0.05) is 97.1 Å². The summed E-state index contributed by atoms with van der Waals surface area (Å²) in [6.07, 6.45) is 5.56. The second-order valence-electron chi connectivity index (χ2n) is 9.47. The average Bonchev–Trinajstić information content (AvgIpc) is 3.63. The van der Waals surface area contributed by atoms with E-state index in [0.29, 0.717) is 11.2 Å². The monoisotopic (exact) mass is 560 g/mol. The Balaban J connectivity index is 0.00000173. The third-order valence-electron chi connectivity index (χ3n) is 7.19. The predicted octanol–water partition coefficient (Wildman–Crippen LogP) is 4.97. The molecule has 42 heavy (non-hydrogen) atoms. The van der Waals surface area contributed by atoms with Crippen molar-refractivity contribution in [3.8, 4) is 0 Å². The molecular weight excluding hydrogens is 528 g/mol. The van der Waals surface area contributed by atoms with E-state index in [1.807, 2.05) is 73.2 Å². The van der Waals surface area contributed by atoms with E-state index < -0.39 is 17.1 Å². The van der Waals surface area contributed by atoms with Gasteiger partial charge in [0.1, 0.15) is 5.54 Å². The van der Waals surface area contributed by atoms with Gasteiger partial charge in [0.2, 0.25) is 0 Å². The van der Waals surface area contributed by atoms with Crippen molar-refractivity contribution in [2.45, 2.75) is 19.0 Å². The highest BCUT2D eigenvalue weighted by Crippen LogP contribution is 2.40. The first-order valence-corrected chi connectivity index (χ1v) is 13.7. The van der Waals surface area contributed by atoms with Crippen molar-refractivity contribution in [3.05, 3.63) is 166 Å². The van der Waals surface area contributed by atoms with Crippen molar-refractivity contribution in [2.75, 3.05) is 13.7 Å². The molecule has 6 aromatic rings. The Morgan fingerprint density at radius 3 is 1.86 bits per heavy atom. The zero-order valence-corrected chi connectivity index (χ0v) is 23.5. The molecule has 0 saturated carbocycles. The maximum atomic E-state index is 13.5. The number of imidazole rings is 1. The highest BCUT2D eigenvalue weighted by molar-refractivity contribution is 5.96. The van der Waals surface area contributed by atoms with E-state index in [4.69, 9.17) is 14.8 Å². The van der Waals surface area contributed by atoms with Crippen LogP contribution in [-0.2, 0) is 16.8 Å². The van der Waals surface area contributed by atoms with Gasteiger partial charge in [-0.15, -0.1) is 0 Å². The largest absolute Gasteiger partial charge is 0.462 e. The Hall–Kier alpha value is -5.21. The number of fused-ring (bicyclic) bond motifs is 1. The number of aliphatic hydroxyl groups is 1. The molecule has 0 amide bonds. The van der Waals surface area contributed by atoms with Gasteiger partial charge in [0.05, 0.1) is 30.7 Å². The van der Waals surface area contributed by atoms with Crippen LogP contribution in [-0.4, -0.2) is 43.5 Å². The number of rotatable bonds is 8. The van der Waals surface area contributed by atoms with Crippen LogP contribution in [0.4, 0.5) is 0 Å². The quantitative estimate of drug-likeness (QED) is 0.210. The number of aliphatic hydroxyl groups excluding tert-OH is 1. The van der Waals surface area contributed by atoms with Gasteiger partial charge in [-0.2, -0.15) is 0 Å². The van der Waals surface area contributed by atoms with Crippen molar-refractivity contribution in [3.63, 3.8) is 0 Å². The van der Waals surface area contributed by atoms with Crippen LogP contribution in [0.25, 0.3) is 5.52 Å². The Bertz CT molecular complexity index is 1730. The summed E-state index contributed by atoms with van der Waals surface area (Å²) in [6.45, 7) is 2.08. The van der Waals surface area contributed by atoms with Crippen LogP contribution in [0, 0.1) is 0 Å². The number of benzene rings is 3. The zero-order valence-electron chi connectivity index (χ0n) is 23.5. The van der Waals surface area contributed by atoms with E-state index in [9.17, 15) is 9.59 Å². The Morgan fingerprint density at radius 2 is 1.33 bits per heavy atom. The van der Waals surface area contributed by atoms with E-state index >= 15 is 0 Å². The molecule has 0 aliphatic rings. The molecule has 0 aliphatic heterocycles. The minimum absolute atomic E-state index is 0.0223. The molecule has 0 atom stereocenters. The van der Waals surface area contributed by atoms with E-state index in [1.54, 1.807) is 29.8 Å². The van der Waals surface area contributed by atoms with Crippen LogP contribution in [0.1, 0.15) is 39.7 Å². The summed E-state index contributed by atoms with van der Waals surface area (Å²) >= 11 is 0. The van der Waals surface area contributed by atoms with Gasteiger partial charge in [0.15, 0.2) is 5.56 Å². The molecule has 0 aliphatic carbocycles. The summed E-state index contributed by atoms with van der Waals surface area (Å²) < 4.78 is 10.5. The Labute approximate surface area is 243 Å². The fraction of sp³-hybridized carbons (Fsp3) is 0.147. The fourth-order valence-electron chi connectivity index (χ4n) is 5.49. The number of esters is 1. The Kier molecular flexibility index (Phi) is 8.45.